The predicted octanol–water partition coefficient (Wildman–Crippen LogP) is 7.63. The van der Waals surface area contributed by atoms with Crippen molar-refractivity contribution < 1.29 is 22.6 Å². The zero-order valence-electron chi connectivity index (χ0n) is 24.9. The summed E-state index contributed by atoms with van der Waals surface area (Å²) in [6, 6.07) is 15.6. The smallest absolute Gasteiger partial charge is 0.418 e. The summed E-state index contributed by atoms with van der Waals surface area (Å²) in [6.07, 6.45) is -0.275. The summed E-state index contributed by atoms with van der Waals surface area (Å²) in [7, 11) is 0. The first-order valence-corrected chi connectivity index (χ1v) is 14.7. The molecule has 7 nitrogen and oxygen atoms in total. The molecule has 0 bridgehead atoms. The summed E-state index contributed by atoms with van der Waals surface area (Å²) in [4.78, 5) is 15.7. The van der Waals surface area contributed by atoms with E-state index in [-0.39, 0.29) is 17.1 Å². The van der Waals surface area contributed by atoms with Gasteiger partial charge >= 0.3 is 12.2 Å². The number of pyridine rings is 1. The third-order valence-corrected chi connectivity index (χ3v) is 7.53. The van der Waals surface area contributed by atoms with Gasteiger partial charge in [0.05, 0.1) is 36.6 Å². The molecule has 0 radical (unpaired) electrons. The average Bonchev–Trinajstić information content (AvgIpc) is 2.98. The molecule has 0 amide bonds. The van der Waals surface area contributed by atoms with Gasteiger partial charge in [-0.1, -0.05) is 39.0 Å². The van der Waals surface area contributed by atoms with Gasteiger partial charge in [0.15, 0.2) is 0 Å². The van der Waals surface area contributed by atoms with E-state index in [4.69, 9.17) is 9.47 Å². The zero-order chi connectivity index (χ0) is 30.5. The molecule has 4 aromatic rings. The standard InChI is InChI=1S/C33H38F3N5O2/c1-32(2,3)24-10-12-25(13-11-24)38-30-26-14-9-23(29-27(33(34,35)36)8-7-15-37-29)22-28(26)39-31(40-30)43-19-6-4-5-16-41-17-20-42-21-18-41/h7-15,22H,4-6,16-21H2,1-3H3,(H,38,39,40). The van der Waals surface area contributed by atoms with Crippen LogP contribution in [0.3, 0.4) is 0 Å². The Morgan fingerprint density at radius 1 is 0.930 bits per heavy atom. The summed E-state index contributed by atoms with van der Waals surface area (Å²) in [6.45, 7) is 11.5. The van der Waals surface area contributed by atoms with Crippen molar-refractivity contribution in [2.24, 2.45) is 0 Å². The Morgan fingerprint density at radius 2 is 1.70 bits per heavy atom. The van der Waals surface area contributed by atoms with E-state index in [0.717, 1.165) is 63.9 Å². The lowest BCUT2D eigenvalue weighted by Gasteiger charge is -2.26. The molecule has 10 heteroatoms. The van der Waals surface area contributed by atoms with Crippen LogP contribution in [0.15, 0.2) is 60.8 Å². The van der Waals surface area contributed by atoms with Gasteiger partial charge in [0.1, 0.15) is 5.82 Å². The Morgan fingerprint density at radius 3 is 2.42 bits per heavy atom. The Hall–Kier alpha value is -3.76. The van der Waals surface area contributed by atoms with Crippen LogP contribution in [0.4, 0.5) is 24.7 Å². The maximum Gasteiger partial charge on any atom is 0.418 e. The predicted molar refractivity (Wildman–Crippen MR) is 163 cm³/mol. The lowest BCUT2D eigenvalue weighted by Crippen LogP contribution is -2.36. The van der Waals surface area contributed by atoms with Crippen molar-refractivity contribution in [2.45, 2.75) is 51.6 Å². The minimum atomic E-state index is -4.54. The molecule has 2 aromatic heterocycles. The number of rotatable bonds is 10. The first-order chi connectivity index (χ1) is 20.6. The topological polar surface area (TPSA) is 72.4 Å². The average molecular weight is 594 g/mol. The van der Waals surface area contributed by atoms with Gasteiger partial charge in [0.2, 0.25) is 0 Å². The van der Waals surface area contributed by atoms with Gasteiger partial charge in [0.25, 0.3) is 0 Å². The molecule has 1 aliphatic rings. The summed E-state index contributed by atoms with van der Waals surface area (Å²) >= 11 is 0. The number of fused-ring (bicyclic) bond motifs is 1. The first kappa shape index (κ1) is 30.7. The summed E-state index contributed by atoms with van der Waals surface area (Å²) in [5.41, 5.74) is 1.87. The number of ether oxygens (including phenoxy) is 2. The lowest BCUT2D eigenvalue weighted by molar-refractivity contribution is -0.137. The number of benzene rings is 2. The van der Waals surface area contributed by atoms with E-state index in [9.17, 15) is 13.2 Å². The van der Waals surface area contributed by atoms with Crippen molar-refractivity contribution in [2.75, 3.05) is 44.8 Å². The third kappa shape index (κ3) is 8.00. The molecule has 228 valence electrons. The second-order valence-corrected chi connectivity index (χ2v) is 11.8. The maximum absolute atomic E-state index is 13.8. The molecule has 1 saturated heterocycles. The van der Waals surface area contributed by atoms with Crippen LogP contribution in [0.2, 0.25) is 0 Å². The van der Waals surface area contributed by atoms with Crippen molar-refractivity contribution in [1.82, 2.24) is 19.9 Å². The van der Waals surface area contributed by atoms with Gasteiger partial charge in [0, 0.05) is 35.9 Å². The number of hydrogen-bond donors (Lipinski definition) is 1. The highest BCUT2D eigenvalue weighted by molar-refractivity contribution is 5.93. The van der Waals surface area contributed by atoms with E-state index in [2.05, 4.69) is 58.1 Å². The second-order valence-electron chi connectivity index (χ2n) is 11.8. The molecule has 1 N–H and O–H groups in total. The van der Waals surface area contributed by atoms with Crippen molar-refractivity contribution in [1.29, 1.82) is 0 Å². The molecule has 5 rings (SSSR count). The third-order valence-electron chi connectivity index (χ3n) is 7.53. The number of hydrogen-bond acceptors (Lipinski definition) is 7. The van der Waals surface area contributed by atoms with Gasteiger partial charge in [-0.15, -0.1) is 0 Å². The molecule has 1 aliphatic heterocycles. The van der Waals surface area contributed by atoms with Gasteiger partial charge in [-0.05, 0) is 73.2 Å². The van der Waals surface area contributed by atoms with Gasteiger partial charge < -0.3 is 14.8 Å². The van der Waals surface area contributed by atoms with Crippen LogP contribution in [0.1, 0.15) is 51.2 Å². The van der Waals surface area contributed by atoms with Crippen LogP contribution in [0.25, 0.3) is 22.2 Å². The molecule has 0 saturated carbocycles. The Kier molecular flexibility index (Phi) is 9.46. The number of aromatic nitrogens is 3. The van der Waals surface area contributed by atoms with E-state index in [1.54, 1.807) is 18.2 Å². The molecular weight excluding hydrogens is 555 g/mol. The molecule has 0 unspecified atom stereocenters. The Labute approximate surface area is 250 Å². The molecule has 2 aromatic carbocycles. The number of morpholine rings is 1. The highest BCUT2D eigenvalue weighted by Crippen LogP contribution is 2.37. The molecule has 3 heterocycles. The van der Waals surface area contributed by atoms with E-state index in [0.29, 0.717) is 28.9 Å². The van der Waals surface area contributed by atoms with E-state index in [1.807, 2.05) is 12.1 Å². The molecule has 0 aliphatic carbocycles. The van der Waals surface area contributed by atoms with Gasteiger partial charge in [-0.25, -0.2) is 0 Å². The van der Waals surface area contributed by atoms with Crippen LogP contribution in [-0.2, 0) is 16.3 Å². The van der Waals surface area contributed by atoms with E-state index < -0.39 is 11.7 Å². The number of alkyl halides is 3. The van der Waals surface area contributed by atoms with Crippen molar-refractivity contribution in [3.8, 4) is 17.3 Å². The van der Waals surface area contributed by atoms with Crippen molar-refractivity contribution in [3.63, 3.8) is 0 Å². The maximum atomic E-state index is 13.8. The van der Waals surface area contributed by atoms with Crippen LogP contribution >= 0.6 is 0 Å². The largest absolute Gasteiger partial charge is 0.463 e. The minimum absolute atomic E-state index is 0.0144. The van der Waals surface area contributed by atoms with Crippen LogP contribution in [-0.4, -0.2) is 59.3 Å². The van der Waals surface area contributed by atoms with Crippen molar-refractivity contribution in [3.05, 3.63) is 71.9 Å². The van der Waals surface area contributed by atoms with Crippen molar-refractivity contribution >= 4 is 22.4 Å². The number of halogens is 3. The number of nitrogens with one attached hydrogen (secondary N) is 1. The molecule has 0 spiro atoms. The molecular formula is C33H38F3N5O2. The highest BCUT2D eigenvalue weighted by Gasteiger charge is 2.34. The summed E-state index contributed by atoms with van der Waals surface area (Å²) in [5, 5.41) is 4.02. The molecule has 1 fully saturated rings. The Balaban J connectivity index is 1.38. The fourth-order valence-corrected chi connectivity index (χ4v) is 5.07. The van der Waals surface area contributed by atoms with Gasteiger partial charge in [-0.2, -0.15) is 23.1 Å². The summed E-state index contributed by atoms with van der Waals surface area (Å²) < 4.78 is 52.6. The minimum Gasteiger partial charge on any atom is -0.463 e. The highest BCUT2D eigenvalue weighted by atomic mass is 19.4. The van der Waals surface area contributed by atoms with Gasteiger partial charge in [-0.3, -0.25) is 9.88 Å². The lowest BCUT2D eigenvalue weighted by atomic mass is 9.87. The van der Waals surface area contributed by atoms with E-state index in [1.165, 1.54) is 17.8 Å². The Bertz CT molecular complexity index is 1510. The van der Waals surface area contributed by atoms with Crippen LogP contribution in [0, 0.1) is 0 Å². The van der Waals surface area contributed by atoms with Crippen LogP contribution in [0.5, 0.6) is 6.01 Å². The van der Waals surface area contributed by atoms with E-state index >= 15 is 0 Å². The normalized spacial score (nSPS) is 14.7. The fourth-order valence-electron chi connectivity index (χ4n) is 5.07. The zero-order valence-corrected chi connectivity index (χ0v) is 24.9. The monoisotopic (exact) mass is 593 g/mol. The number of anilines is 2. The quantitative estimate of drug-likeness (QED) is 0.190. The van der Waals surface area contributed by atoms with Crippen LogP contribution < -0.4 is 10.1 Å². The SMILES string of the molecule is CC(C)(C)c1ccc(Nc2nc(OCCCCCN3CCOCC3)nc3cc(-c4ncccc4C(F)(F)F)ccc23)cc1. The second kappa shape index (κ2) is 13.3. The molecule has 43 heavy (non-hydrogen) atoms. The first-order valence-electron chi connectivity index (χ1n) is 14.7. The fraction of sp³-hybridized carbons (Fsp3) is 0.424. The number of unbranched alkanes of at least 4 members (excludes halogenated alkanes) is 2. The number of nitrogens with zero attached hydrogens (tertiary/aromatic N) is 4. The summed E-state index contributed by atoms with van der Waals surface area (Å²) in [5.74, 6) is 0.513. The molecule has 0 atom stereocenters.